The van der Waals surface area contributed by atoms with Crippen LogP contribution in [0.15, 0.2) is 23.0 Å². The maximum Gasteiger partial charge on any atom is 0.419 e. The van der Waals surface area contributed by atoms with Gasteiger partial charge in [-0.3, -0.25) is 4.79 Å². The van der Waals surface area contributed by atoms with Crippen LogP contribution in [0, 0.1) is 18.7 Å². The molecule has 0 spiro atoms. The van der Waals surface area contributed by atoms with Gasteiger partial charge in [-0.2, -0.15) is 18.3 Å². The normalized spacial score (nSPS) is 13.5. The second kappa shape index (κ2) is 7.01. The van der Waals surface area contributed by atoms with Crippen LogP contribution in [0.5, 0.6) is 0 Å². The Hall–Kier alpha value is -2.75. The van der Waals surface area contributed by atoms with Crippen LogP contribution in [0.4, 0.5) is 17.6 Å². The molecule has 0 saturated heterocycles. The summed E-state index contributed by atoms with van der Waals surface area (Å²) in [4.78, 5) is 19.1. The number of alkyl halides is 3. The molecule has 150 valence electrons. The third kappa shape index (κ3) is 3.39. The molecule has 2 aromatic heterocycles. The van der Waals surface area contributed by atoms with Gasteiger partial charge in [-0.15, -0.1) is 0 Å². The molecular formula is C18H18F4N4O2. The fourth-order valence-electron chi connectivity index (χ4n) is 3.28. The maximum absolute atomic E-state index is 14.1. The Kier molecular flexibility index (Phi) is 5.00. The van der Waals surface area contributed by atoms with Crippen LogP contribution in [0.2, 0.25) is 0 Å². The second-order valence-corrected chi connectivity index (χ2v) is 6.83. The highest BCUT2D eigenvalue weighted by Crippen LogP contribution is 2.35. The number of hydrogen-bond acceptors (Lipinski definition) is 4. The van der Waals surface area contributed by atoms with E-state index in [0.29, 0.717) is 11.9 Å². The third-order valence-corrected chi connectivity index (χ3v) is 4.44. The van der Waals surface area contributed by atoms with E-state index < -0.39 is 35.8 Å². The summed E-state index contributed by atoms with van der Waals surface area (Å²) in [5.74, 6) is -1.31. The van der Waals surface area contributed by atoms with Crippen molar-refractivity contribution in [2.24, 2.45) is 5.92 Å². The topological polar surface area (TPSA) is 83.8 Å². The van der Waals surface area contributed by atoms with Crippen molar-refractivity contribution in [2.75, 3.05) is 0 Å². The number of aliphatic hydroxyl groups excluding tert-OH is 1. The van der Waals surface area contributed by atoms with E-state index in [1.165, 1.54) is 10.7 Å². The number of aromatic nitrogens is 4. The van der Waals surface area contributed by atoms with E-state index >= 15 is 0 Å². The zero-order valence-corrected chi connectivity index (χ0v) is 15.3. The maximum atomic E-state index is 14.1. The summed E-state index contributed by atoms with van der Waals surface area (Å²) in [6, 6.07) is 1.99. The van der Waals surface area contributed by atoms with Crippen LogP contribution >= 0.6 is 0 Å². The van der Waals surface area contributed by atoms with Gasteiger partial charge in [0.2, 0.25) is 0 Å². The molecule has 1 atom stereocenters. The van der Waals surface area contributed by atoms with Gasteiger partial charge >= 0.3 is 6.18 Å². The van der Waals surface area contributed by atoms with Crippen LogP contribution < -0.4 is 5.56 Å². The first-order valence-corrected chi connectivity index (χ1v) is 8.50. The predicted octanol–water partition coefficient (Wildman–Crippen LogP) is 3.32. The van der Waals surface area contributed by atoms with Gasteiger partial charge in [0, 0.05) is 0 Å². The minimum Gasteiger partial charge on any atom is -0.390 e. The minimum atomic E-state index is -4.80. The van der Waals surface area contributed by atoms with Crippen LogP contribution in [0.1, 0.15) is 42.5 Å². The monoisotopic (exact) mass is 398 g/mol. The summed E-state index contributed by atoms with van der Waals surface area (Å²) in [6.07, 6.45) is -4.80. The zero-order valence-electron chi connectivity index (χ0n) is 15.3. The van der Waals surface area contributed by atoms with Crippen molar-refractivity contribution in [2.45, 2.75) is 39.6 Å². The summed E-state index contributed by atoms with van der Waals surface area (Å²) < 4.78 is 54.1. The lowest BCUT2D eigenvalue weighted by Crippen LogP contribution is -2.20. The molecule has 0 amide bonds. The summed E-state index contributed by atoms with van der Waals surface area (Å²) in [5.41, 5.74) is -1.34. The van der Waals surface area contributed by atoms with Crippen molar-refractivity contribution < 1.29 is 22.7 Å². The number of nitrogens with one attached hydrogen (secondary N) is 1. The second-order valence-electron chi connectivity index (χ2n) is 6.83. The molecule has 6 nitrogen and oxygen atoms in total. The first-order chi connectivity index (χ1) is 13.0. The van der Waals surface area contributed by atoms with Crippen molar-refractivity contribution in [1.82, 2.24) is 19.7 Å². The lowest BCUT2D eigenvalue weighted by atomic mass is 9.95. The lowest BCUT2D eigenvalue weighted by molar-refractivity contribution is -0.140. The fourth-order valence-corrected chi connectivity index (χ4v) is 3.28. The molecule has 0 aliphatic rings. The molecule has 3 aromatic rings. The number of benzene rings is 1. The molecule has 0 fully saturated rings. The lowest BCUT2D eigenvalue weighted by Gasteiger charge is -2.23. The van der Waals surface area contributed by atoms with E-state index in [1.54, 1.807) is 20.8 Å². The molecule has 0 radical (unpaired) electrons. The standard InChI is InChI=1S/C18H18F4N4O2/c1-8(2)15(10-4-5-11(12(19)6-10)18(20,21)22)26-16-14(13(7-27)25-26)17(28)24-9(3)23-16/h4-6,8,15,27H,7H2,1-3H3,(H,23,24,28)/t15-/m1/s1. The minimum absolute atomic E-state index is 0.0850. The van der Waals surface area contributed by atoms with E-state index in [9.17, 15) is 27.5 Å². The number of halogens is 4. The molecule has 2 heterocycles. The largest absolute Gasteiger partial charge is 0.419 e. The average Bonchev–Trinajstić information content (AvgIpc) is 2.92. The van der Waals surface area contributed by atoms with Gasteiger partial charge in [0.05, 0.1) is 18.2 Å². The van der Waals surface area contributed by atoms with Crippen LogP contribution in [0.25, 0.3) is 11.0 Å². The first kappa shape index (κ1) is 20.0. The Morgan fingerprint density at radius 2 is 1.96 bits per heavy atom. The van der Waals surface area contributed by atoms with Gasteiger partial charge in [-0.05, 0) is 30.5 Å². The number of aromatic amines is 1. The summed E-state index contributed by atoms with van der Waals surface area (Å²) >= 11 is 0. The number of aliphatic hydroxyl groups is 1. The average molecular weight is 398 g/mol. The summed E-state index contributed by atoms with van der Waals surface area (Å²) in [6.45, 7) is 4.61. The predicted molar refractivity (Wildman–Crippen MR) is 93.2 cm³/mol. The van der Waals surface area contributed by atoms with E-state index in [0.717, 1.165) is 6.07 Å². The molecule has 0 saturated carbocycles. The molecular weight excluding hydrogens is 380 g/mol. The Labute approximate surface area is 156 Å². The van der Waals surface area contributed by atoms with Gasteiger partial charge in [0.1, 0.15) is 22.7 Å². The van der Waals surface area contributed by atoms with E-state index in [4.69, 9.17) is 0 Å². The SMILES string of the molecule is Cc1nc2c(c(CO)nn2[C@@H](c2ccc(C(F)(F)F)c(F)c2)C(C)C)c(=O)[nH]1. The number of H-pyrrole nitrogens is 1. The molecule has 0 bridgehead atoms. The highest BCUT2D eigenvalue weighted by Gasteiger charge is 2.35. The molecule has 3 rings (SSSR count). The molecule has 0 aliphatic carbocycles. The number of fused-ring (bicyclic) bond motifs is 1. The van der Waals surface area contributed by atoms with Crippen molar-refractivity contribution in [1.29, 1.82) is 0 Å². The third-order valence-electron chi connectivity index (χ3n) is 4.44. The number of hydrogen-bond donors (Lipinski definition) is 2. The molecule has 28 heavy (non-hydrogen) atoms. The molecule has 2 N–H and O–H groups in total. The smallest absolute Gasteiger partial charge is 0.390 e. The van der Waals surface area contributed by atoms with Gasteiger partial charge in [-0.1, -0.05) is 19.9 Å². The highest BCUT2D eigenvalue weighted by atomic mass is 19.4. The van der Waals surface area contributed by atoms with Crippen molar-refractivity contribution >= 4 is 11.0 Å². The Morgan fingerprint density at radius 3 is 2.50 bits per heavy atom. The number of aryl methyl sites for hydroxylation is 1. The molecule has 1 aromatic carbocycles. The molecule has 0 aliphatic heterocycles. The zero-order chi connectivity index (χ0) is 20.8. The number of rotatable bonds is 4. The van der Waals surface area contributed by atoms with Crippen molar-refractivity contribution in [3.8, 4) is 0 Å². The molecule has 0 unspecified atom stereocenters. The van der Waals surface area contributed by atoms with Gasteiger partial charge < -0.3 is 10.1 Å². The Bertz CT molecular complexity index is 1090. The number of nitrogens with zero attached hydrogens (tertiary/aromatic N) is 3. The Morgan fingerprint density at radius 1 is 1.29 bits per heavy atom. The first-order valence-electron chi connectivity index (χ1n) is 8.50. The van der Waals surface area contributed by atoms with Crippen LogP contribution in [-0.4, -0.2) is 24.9 Å². The van der Waals surface area contributed by atoms with Crippen LogP contribution in [0.3, 0.4) is 0 Å². The van der Waals surface area contributed by atoms with E-state index in [2.05, 4.69) is 15.1 Å². The van der Waals surface area contributed by atoms with Gasteiger partial charge in [0.25, 0.3) is 5.56 Å². The van der Waals surface area contributed by atoms with Gasteiger partial charge in [-0.25, -0.2) is 14.1 Å². The van der Waals surface area contributed by atoms with E-state index in [-0.39, 0.29) is 28.2 Å². The van der Waals surface area contributed by atoms with E-state index in [1.807, 2.05) is 0 Å². The highest BCUT2D eigenvalue weighted by molar-refractivity contribution is 5.77. The van der Waals surface area contributed by atoms with Crippen molar-refractivity contribution in [3.63, 3.8) is 0 Å². The van der Waals surface area contributed by atoms with Gasteiger partial charge in [0.15, 0.2) is 5.65 Å². The quantitative estimate of drug-likeness (QED) is 0.661. The van der Waals surface area contributed by atoms with Crippen molar-refractivity contribution in [3.05, 3.63) is 57.0 Å². The van der Waals surface area contributed by atoms with Crippen LogP contribution in [-0.2, 0) is 12.8 Å². The molecule has 10 heteroatoms. The fraction of sp³-hybridized carbons (Fsp3) is 0.389. The summed E-state index contributed by atoms with van der Waals surface area (Å²) in [5, 5.41) is 13.9. The Balaban J connectivity index is 2.25. The summed E-state index contributed by atoms with van der Waals surface area (Å²) in [7, 11) is 0.